The number of allylic oxidation sites excluding steroid dienone is 4. The molecule has 0 aliphatic heterocycles. The van der Waals surface area contributed by atoms with Crippen LogP contribution in [0.2, 0.25) is 0 Å². The lowest BCUT2D eigenvalue weighted by atomic mass is 9.93. The topological polar surface area (TPSA) is 71.0 Å². The zero-order valence-electron chi connectivity index (χ0n) is 28.6. The van der Waals surface area contributed by atoms with E-state index in [0.717, 1.165) is 60.7 Å². The monoisotopic (exact) mass is 661 g/mol. The van der Waals surface area contributed by atoms with Crippen molar-refractivity contribution in [1.29, 1.82) is 0 Å². The second kappa shape index (κ2) is 15.4. The van der Waals surface area contributed by atoms with Gasteiger partial charge in [0.05, 0.1) is 6.54 Å². The van der Waals surface area contributed by atoms with Gasteiger partial charge >= 0.3 is 0 Å². The third kappa shape index (κ3) is 7.71. The van der Waals surface area contributed by atoms with Crippen LogP contribution in [0.15, 0.2) is 186 Å². The summed E-state index contributed by atoms with van der Waals surface area (Å²) in [6.45, 7) is 2.49. The van der Waals surface area contributed by atoms with Crippen molar-refractivity contribution in [2.75, 3.05) is 0 Å². The molecule has 0 fully saturated rings. The Morgan fingerprint density at radius 2 is 1.16 bits per heavy atom. The van der Waals surface area contributed by atoms with E-state index in [1.54, 1.807) is 0 Å². The fourth-order valence-corrected chi connectivity index (χ4v) is 6.37. The van der Waals surface area contributed by atoms with Crippen LogP contribution in [0.3, 0.4) is 0 Å². The lowest BCUT2D eigenvalue weighted by Gasteiger charge is -2.13. The highest BCUT2D eigenvalue weighted by Crippen LogP contribution is 2.32. The summed E-state index contributed by atoms with van der Waals surface area (Å²) < 4.78 is 0. The Hall–Kier alpha value is -6.52. The number of aliphatic imine (C=N–C) groups is 2. The van der Waals surface area contributed by atoms with Gasteiger partial charge in [-0.3, -0.25) is 4.99 Å². The summed E-state index contributed by atoms with van der Waals surface area (Å²) >= 11 is 0. The van der Waals surface area contributed by atoms with Crippen molar-refractivity contribution in [3.8, 4) is 16.9 Å². The van der Waals surface area contributed by atoms with Crippen molar-refractivity contribution in [2.24, 2.45) is 15.7 Å². The van der Waals surface area contributed by atoms with Crippen LogP contribution in [0, 0.1) is 0 Å². The maximum absolute atomic E-state index is 10.6. The van der Waals surface area contributed by atoms with E-state index >= 15 is 0 Å². The van der Waals surface area contributed by atoms with Crippen molar-refractivity contribution >= 4 is 38.8 Å². The van der Waals surface area contributed by atoms with Crippen LogP contribution in [0.5, 0.6) is 5.75 Å². The van der Waals surface area contributed by atoms with Gasteiger partial charge in [-0.2, -0.15) is 0 Å². The molecule has 0 spiro atoms. The summed E-state index contributed by atoms with van der Waals surface area (Å²) in [6.07, 6.45) is 7.00. The number of amidine groups is 2. The first-order valence-corrected chi connectivity index (χ1v) is 17.2. The van der Waals surface area contributed by atoms with Crippen LogP contribution >= 0.6 is 0 Å². The number of phenols is 1. The minimum atomic E-state index is 0.322. The van der Waals surface area contributed by atoms with Crippen molar-refractivity contribution < 1.29 is 5.11 Å². The number of fused-ring (bicyclic) bond motifs is 2. The lowest BCUT2D eigenvalue weighted by molar-refractivity contribution is 0.470. The van der Waals surface area contributed by atoms with Gasteiger partial charge in [0.1, 0.15) is 11.6 Å². The molecular weight excluding hydrogens is 623 g/mol. The third-order valence-electron chi connectivity index (χ3n) is 9.12. The second-order valence-electron chi connectivity index (χ2n) is 12.5. The molecule has 4 nitrogen and oxygen atoms in total. The molecule has 0 aliphatic rings. The molecule has 0 unspecified atom stereocenters. The first kappa shape index (κ1) is 33.0. The van der Waals surface area contributed by atoms with E-state index in [4.69, 9.17) is 15.7 Å². The van der Waals surface area contributed by atoms with E-state index in [-0.39, 0.29) is 0 Å². The summed E-state index contributed by atoms with van der Waals surface area (Å²) in [5.74, 6) is 1.34. The summed E-state index contributed by atoms with van der Waals surface area (Å²) in [7, 11) is 0. The highest BCUT2D eigenvalue weighted by Gasteiger charge is 2.11. The van der Waals surface area contributed by atoms with E-state index in [2.05, 4.69) is 97.9 Å². The van der Waals surface area contributed by atoms with Crippen LogP contribution in [0.4, 0.5) is 0 Å². The Kier molecular flexibility index (Phi) is 9.94. The van der Waals surface area contributed by atoms with Crippen molar-refractivity contribution in [3.05, 3.63) is 204 Å². The van der Waals surface area contributed by atoms with E-state index < -0.39 is 0 Å². The fraction of sp³-hybridized carbons (Fsp3) is 0.0638. The number of hydrogen-bond acceptors (Lipinski definition) is 2. The van der Waals surface area contributed by atoms with Crippen LogP contribution < -0.4 is 5.73 Å². The average Bonchev–Trinajstić information content (AvgIpc) is 3.18. The Morgan fingerprint density at radius 1 is 0.608 bits per heavy atom. The molecule has 7 aromatic rings. The molecule has 0 aromatic heterocycles. The Morgan fingerprint density at radius 3 is 1.78 bits per heavy atom. The maximum atomic E-state index is 10.6. The predicted molar refractivity (Wildman–Crippen MR) is 215 cm³/mol. The minimum Gasteiger partial charge on any atom is -0.508 e. The zero-order chi connectivity index (χ0) is 35.0. The number of nitrogens with two attached hydrogens (primary N) is 1. The zero-order valence-corrected chi connectivity index (χ0v) is 28.6. The Labute approximate surface area is 299 Å². The highest BCUT2D eigenvalue weighted by atomic mass is 16.3. The van der Waals surface area contributed by atoms with Gasteiger partial charge in [0.2, 0.25) is 0 Å². The van der Waals surface area contributed by atoms with Gasteiger partial charge in [-0.15, -0.1) is 0 Å². The molecule has 0 bridgehead atoms. The second-order valence-corrected chi connectivity index (χ2v) is 12.5. The number of rotatable bonds is 9. The number of benzene rings is 7. The first-order chi connectivity index (χ1) is 25.1. The highest BCUT2D eigenvalue weighted by molar-refractivity contribution is 6.11. The van der Waals surface area contributed by atoms with Crippen molar-refractivity contribution in [1.82, 2.24) is 0 Å². The largest absolute Gasteiger partial charge is 0.508 e. The van der Waals surface area contributed by atoms with Crippen LogP contribution in [0.1, 0.15) is 34.7 Å². The smallest absolute Gasteiger partial charge is 0.157 e. The molecule has 4 heteroatoms. The molecular formula is C47H39N3O. The van der Waals surface area contributed by atoms with E-state index in [1.807, 2.05) is 84.9 Å². The Balaban J connectivity index is 1.18. The fourth-order valence-electron chi connectivity index (χ4n) is 6.37. The summed E-state index contributed by atoms with van der Waals surface area (Å²) in [5.41, 5.74) is 14.7. The van der Waals surface area contributed by atoms with Gasteiger partial charge < -0.3 is 10.8 Å². The molecule has 0 radical (unpaired) electrons. The molecule has 7 rings (SSSR count). The van der Waals surface area contributed by atoms with E-state index in [9.17, 15) is 5.11 Å². The number of phenolic OH excluding ortho intramolecular Hbond substituents is 1. The summed E-state index contributed by atoms with van der Waals surface area (Å²) in [6, 6.07) is 53.4. The lowest BCUT2D eigenvalue weighted by Crippen LogP contribution is -2.16. The normalized spacial score (nSPS) is 12.6. The average molecular weight is 662 g/mol. The first-order valence-electron chi connectivity index (χ1n) is 17.2. The van der Waals surface area contributed by atoms with Crippen molar-refractivity contribution in [2.45, 2.75) is 19.9 Å². The molecule has 0 saturated carbocycles. The third-order valence-corrected chi connectivity index (χ3v) is 9.12. The molecule has 0 saturated heterocycles. The molecule has 3 N–H and O–H groups in total. The van der Waals surface area contributed by atoms with Crippen LogP contribution in [0.25, 0.3) is 38.2 Å². The van der Waals surface area contributed by atoms with Gasteiger partial charge in [-0.05, 0) is 92.5 Å². The van der Waals surface area contributed by atoms with Gasteiger partial charge in [0, 0.05) is 11.1 Å². The van der Waals surface area contributed by atoms with Gasteiger partial charge in [0.25, 0.3) is 0 Å². The number of nitrogens with zero attached hydrogens (tertiary/aromatic N) is 2. The number of aromatic hydroxyl groups is 1. The molecule has 7 aromatic carbocycles. The summed E-state index contributed by atoms with van der Waals surface area (Å²) in [4.78, 5) is 9.89. The van der Waals surface area contributed by atoms with Crippen LogP contribution in [-0.2, 0) is 13.0 Å². The van der Waals surface area contributed by atoms with Gasteiger partial charge in [-0.1, -0.05) is 152 Å². The SMILES string of the molecule is C/C=C(\C=C/Cc1cc2ccccc2cc1O)c1ccc(-c2cc3ccccc3cc2CN=C(N=C(N)c2ccccc2)c2ccccc2)cc1. The minimum absolute atomic E-state index is 0.322. The molecule has 248 valence electrons. The molecule has 0 amide bonds. The van der Waals surface area contributed by atoms with Gasteiger partial charge in [0.15, 0.2) is 5.84 Å². The Bertz CT molecular complexity index is 2420. The predicted octanol–water partition coefficient (Wildman–Crippen LogP) is 10.9. The molecule has 51 heavy (non-hydrogen) atoms. The van der Waals surface area contributed by atoms with E-state index in [1.165, 1.54) is 5.39 Å². The summed E-state index contributed by atoms with van der Waals surface area (Å²) in [5, 5.41) is 15.1. The molecule has 0 heterocycles. The maximum Gasteiger partial charge on any atom is 0.157 e. The van der Waals surface area contributed by atoms with Crippen molar-refractivity contribution in [3.63, 3.8) is 0 Å². The molecule has 0 atom stereocenters. The quantitative estimate of drug-likeness (QED) is 0.0918. The van der Waals surface area contributed by atoms with E-state index in [0.29, 0.717) is 30.4 Å². The molecule has 0 aliphatic carbocycles. The van der Waals surface area contributed by atoms with Crippen LogP contribution in [-0.4, -0.2) is 16.8 Å². The number of hydrogen-bond donors (Lipinski definition) is 2. The van der Waals surface area contributed by atoms with Gasteiger partial charge in [-0.25, -0.2) is 4.99 Å². The standard InChI is InChI=1S/C47H39N3O/c1-2-33(22-13-23-42-28-38-18-10-12-21-41(38)31-45(42)51)34-24-26-35(27-25-34)44-30-40-20-11-9-19-39(40)29-43(44)32-49-47(37-16-7-4-8-17-37)50-46(48)36-14-5-3-6-15-36/h2-22,24-31,51H,23,32H2,1H3,(H2,48,49,50)/b22-13-,33-2+.